The lowest BCUT2D eigenvalue weighted by Crippen LogP contribution is -2.36. The standard InChI is InChI=1S/C11H23NOS/c1-10(5-9-14)2-6-12-7-3-11(13)4-8-12/h10-11,13-14H,2-9H2,1H3. The van der Waals surface area contributed by atoms with Gasteiger partial charge in [0.15, 0.2) is 0 Å². The zero-order valence-electron chi connectivity index (χ0n) is 9.15. The summed E-state index contributed by atoms with van der Waals surface area (Å²) in [6.07, 6.45) is 4.37. The van der Waals surface area contributed by atoms with Crippen LogP contribution in [-0.4, -0.2) is 41.5 Å². The molecular formula is C11H23NOS. The van der Waals surface area contributed by atoms with E-state index in [0.29, 0.717) is 0 Å². The number of aliphatic hydroxyl groups excluding tert-OH is 1. The average molecular weight is 217 g/mol. The molecule has 0 bridgehead atoms. The van der Waals surface area contributed by atoms with Crippen LogP contribution in [0.4, 0.5) is 0 Å². The van der Waals surface area contributed by atoms with Crippen LogP contribution in [0.1, 0.15) is 32.6 Å². The molecule has 1 aliphatic heterocycles. The second-order valence-electron chi connectivity index (χ2n) is 4.48. The predicted molar refractivity (Wildman–Crippen MR) is 63.9 cm³/mol. The fourth-order valence-corrected chi connectivity index (χ4v) is 2.35. The molecule has 0 aliphatic carbocycles. The number of rotatable bonds is 5. The maximum Gasteiger partial charge on any atom is 0.0564 e. The van der Waals surface area contributed by atoms with E-state index in [9.17, 15) is 5.11 Å². The first kappa shape index (κ1) is 12.3. The van der Waals surface area contributed by atoms with Crippen LogP contribution < -0.4 is 0 Å². The molecule has 2 nitrogen and oxygen atoms in total. The summed E-state index contributed by atoms with van der Waals surface area (Å²) in [6.45, 7) is 5.65. The summed E-state index contributed by atoms with van der Waals surface area (Å²) in [7, 11) is 0. The Bertz CT molecular complexity index is 146. The maximum absolute atomic E-state index is 9.35. The highest BCUT2D eigenvalue weighted by Gasteiger charge is 2.16. The van der Waals surface area contributed by atoms with Crippen LogP contribution >= 0.6 is 12.6 Å². The summed E-state index contributed by atoms with van der Waals surface area (Å²) in [5.41, 5.74) is 0. The number of thiol groups is 1. The normalized spacial score (nSPS) is 22.5. The third kappa shape index (κ3) is 4.67. The number of hydrogen-bond donors (Lipinski definition) is 2. The van der Waals surface area contributed by atoms with Crippen LogP contribution in [0.15, 0.2) is 0 Å². The molecule has 1 fully saturated rings. The lowest BCUT2D eigenvalue weighted by Gasteiger charge is -2.30. The molecule has 14 heavy (non-hydrogen) atoms. The van der Waals surface area contributed by atoms with Crippen molar-refractivity contribution < 1.29 is 5.11 Å². The van der Waals surface area contributed by atoms with Gasteiger partial charge in [-0.25, -0.2) is 0 Å². The zero-order chi connectivity index (χ0) is 10.4. The first-order valence-electron chi connectivity index (χ1n) is 5.73. The van der Waals surface area contributed by atoms with Gasteiger partial charge in [-0.3, -0.25) is 0 Å². The van der Waals surface area contributed by atoms with Gasteiger partial charge in [0.1, 0.15) is 0 Å². The summed E-state index contributed by atoms with van der Waals surface area (Å²) in [4.78, 5) is 2.47. The molecule has 1 rings (SSSR count). The summed E-state index contributed by atoms with van der Waals surface area (Å²) in [6, 6.07) is 0. The summed E-state index contributed by atoms with van der Waals surface area (Å²) < 4.78 is 0. The van der Waals surface area contributed by atoms with Crippen molar-refractivity contribution in [3.05, 3.63) is 0 Å². The molecule has 1 atom stereocenters. The Balaban J connectivity index is 2.06. The summed E-state index contributed by atoms with van der Waals surface area (Å²) in [5, 5.41) is 9.35. The molecule has 0 aromatic carbocycles. The van der Waals surface area contributed by atoms with Gasteiger partial charge in [0.25, 0.3) is 0 Å². The topological polar surface area (TPSA) is 23.5 Å². The lowest BCUT2D eigenvalue weighted by atomic mass is 10.0. The first-order chi connectivity index (χ1) is 6.72. The molecule has 1 unspecified atom stereocenters. The van der Waals surface area contributed by atoms with Crippen molar-refractivity contribution in [2.24, 2.45) is 5.92 Å². The molecule has 1 N–H and O–H groups in total. The molecule has 0 saturated carbocycles. The Morgan fingerprint density at radius 3 is 2.57 bits per heavy atom. The minimum atomic E-state index is -0.0406. The predicted octanol–water partition coefficient (Wildman–Crippen LogP) is 1.79. The second-order valence-corrected chi connectivity index (χ2v) is 4.93. The third-order valence-electron chi connectivity index (χ3n) is 3.12. The minimum Gasteiger partial charge on any atom is -0.393 e. The first-order valence-corrected chi connectivity index (χ1v) is 6.37. The number of likely N-dealkylation sites (tertiary alicyclic amines) is 1. The van der Waals surface area contributed by atoms with E-state index in [-0.39, 0.29) is 6.10 Å². The van der Waals surface area contributed by atoms with Crippen molar-refractivity contribution in [3.63, 3.8) is 0 Å². The highest BCUT2D eigenvalue weighted by atomic mass is 32.1. The molecule has 1 saturated heterocycles. The monoisotopic (exact) mass is 217 g/mol. The van der Waals surface area contributed by atoms with E-state index in [2.05, 4.69) is 24.5 Å². The van der Waals surface area contributed by atoms with Gasteiger partial charge in [-0.05, 0) is 43.9 Å². The Morgan fingerprint density at radius 2 is 2.00 bits per heavy atom. The Hall–Kier alpha value is 0.270. The summed E-state index contributed by atoms with van der Waals surface area (Å²) >= 11 is 4.25. The maximum atomic E-state index is 9.35. The molecule has 0 radical (unpaired) electrons. The lowest BCUT2D eigenvalue weighted by molar-refractivity contribution is 0.0801. The quantitative estimate of drug-likeness (QED) is 0.686. The van der Waals surface area contributed by atoms with Gasteiger partial charge in [0.05, 0.1) is 6.10 Å². The molecule has 1 aliphatic rings. The summed E-state index contributed by atoms with van der Waals surface area (Å²) in [5.74, 6) is 1.79. The highest BCUT2D eigenvalue weighted by Crippen LogP contribution is 2.13. The van der Waals surface area contributed by atoms with E-state index in [1.54, 1.807) is 0 Å². The number of nitrogens with zero attached hydrogens (tertiary/aromatic N) is 1. The fraction of sp³-hybridized carbons (Fsp3) is 1.00. The van der Waals surface area contributed by atoms with Gasteiger partial charge >= 0.3 is 0 Å². The van der Waals surface area contributed by atoms with Crippen molar-refractivity contribution in [2.75, 3.05) is 25.4 Å². The smallest absolute Gasteiger partial charge is 0.0564 e. The molecule has 3 heteroatoms. The SMILES string of the molecule is CC(CCS)CCN1CCC(O)CC1. The molecule has 84 valence electrons. The Labute approximate surface area is 93.1 Å². The number of aliphatic hydroxyl groups is 1. The third-order valence-corrected chi connectivity index (χ3v) is 3.38. The van der Waals surface area contributed by atoms with Crippen LogP contribution in [0.2, 0.25) is 0 Å². The van der Waals surface area contributed by atoms with E-state index in [0.717, 1.165) is 37.6 Å². The van der Waals surface area contributed by atoms with E-state index in [1.807, 2.05) is 0 Å². The van der Waals surface area contributed by atoms with Crippen LogP contribution in [0.25, 0.3) is 0 Å². The van der Waals surface area contributed by atoms with Crippen LogP contribution in [0.5, 0.6) is 0 Å². The van der Waals surface area contributed by atoms with E-state index in [1.165, 1.54) is 19.4 Å². The van der Waals surface area contributed by atoms with Crippen LogP contribution in [0.3, 0.4) is 0 Å². The number of piperidine rings is 1. The van der Waals surface area contributed by atoms with Gasteiger partial charge in [-0.15, -0.1) is 0 Å². The van der Waals surface area contributed by atoms with Crippen molar-refractivity contribution in [3.8, 4) is 0 Å². The Kier molecular flexibility index (Phi) is 5.90. The largest absolute Gasteiger partial charge is 0.393 e. The van der Waals surface area contributed by atoms with Gasteiger partial charge in [-0.2, -0.15) is 12.6 Å². The van der Waals surface area contributed by atoms with Crippen molar-refractivity contribution >= 4 is 12.6 Å². The molecule has 0 amide bonds. The van der Waals surface area contributed by atoms with Crippen LogP contribution in [0, 0.1) is 5.92 Å². The van der Waals surface area contributed by atoms with Gasteiger partial charge in [0.2, 0.25) is 0 Å². The van der Waals surface area contributed by atoms with Crippen molar-refractivity contribution in [1.82, 2.24) is 4.90 Å². The average Bonchev–Trinajstić information content (AvgIpc) is 2.17. The van der Waals surface area contributed by atoms with E-state index >= 15 is 0 Å². The van der Waals surface area contributed by atoms with E-state index in [4.69, 9.17) is 0 Å². The van der Waals surface area contributed by atoms with Crippen molar-refractivity contribution in [2.45, 2.75) is 38.7 Å². The fourth-order valence-electron chi connectivity index (χ4n) is 1.91. The molecular weight excluding hydrogens is 194 g/mol. The van der Waals surface area contributed by atoms with Gasteiger partial charge in [0, 0.05) is 13.1 Å². The molecule has 0 aromatic rings. The Morgan fingerprint density at radius 1 is 1.36 bits per heavy atom. The number of hydrogen-bond acceptors (Lipinski definition) is 3. The molecule has 1 heterocycles. The highest BCUT2D eigenvalue weighted by molar-refractivity contribution is 7.80. The van der Waals surface area contributed by atoms with Crippen molar-refractivity contribution in [1.29, 1.82) is 0 Å². The molecule has 0 aromatic heterocycles. The minimum absolute atomic E-state index is 0.0406. The van der Waals surface area contributed by atoms with Gasteiger partial charge in [-0.1, -0.05) is 6.92 Å². The van der Waals surface area contributed by atoms with E-state index < -0.39 is 0 Å². The van der Waals surface area contributed by atoms with Gasteiger partial charge < -0.3 is 10.0 Å². The van der Waals surface area contributed by atoms with Crippen LogP contribution in [-0.2, 0) is 0 Å². The second kappa shape index (κ2) is 6.70. The zero-order valence-corrected chi connectivity index (χ0v) is 10.0. The molecule has 0 spiro atoms.